The van der Waals surface area contributed by atoms with Gasteiger partial charge in [0.05, 0.1) is 0 Å². The van der Waals surface area contributed by atoms with Gasteiger partial charge in [-0.2, -0.15) is 0 Å². The molecule has 0 saturated heterocycles. The highest BCUT2D eigenvalue weighted by molar-refractivity contribution is 5.83. The quantitative estimate of drug-likeness (QED) is 0.655. The van der Waals surface area contributed by atoms with Crippen LogP contribution in [0.25, 0.3) is 0 Å². The lowest BCUT2D eigenvalue weighted by molar-refractivity contribution is -0.142. The van der Waals surface area contributed by atoms with E-state index in [-0.39, 0.29) is 5.91 Å². The van der Waals surface area contributed by atoms with E-state index in [0.717, 1.165) is 12.8 Å². The van der Waals surface area contributed by atoms with Crippen molar-refractivity contribution in [2.75, 3.05) is 0 Å². The third-order valence-corrected chi connectivity index (χ3v) is 1.80. The van der Waals surface area contributed by atoms with E-state index in [1.54, 1.807) is 6.92 Å². The number of carboxylic acid groups (broad SMARTS) is 1. The first-order valence-corrected chi connectivity index (χ1v) is 4.64. The van der Waals surface area contributed by atoms with Crippen LogP contribution in [0.3, 0.4) is 0 Å². The van der Waals surface area contributed by atoms with Crippen molar-refractivity contribution in [1.82, 2.24) is 5.32 Å². The predicted molar refractivity (Wildman–Crippen MR) is 49.4 cm³/mol. The van der Waals surface area contributed by atoms with Crippen LogP contribution in [0, 0.1) is 0 Å². The monoisotopic (exact) mass is 187 g/mol. The Balaban J connectivity index is 3.94. The highest BCUT2D eigenvalue weighted by Gasteiger charge is 2.17. The molecule has 1 amide bonds. The molecule has 1 atom stereocenters. The zero-order chi connectivity index (χ0) is 10.3. The summed E-state index contributed by atoms with van der Waals surface area (Å²) in [6.07, 6.45) is 2.60. The molecule has 0 radical (unpaired) electrons. The van der Waals surface area contributed by atoms with Crippen LogP contribution >= 0.6 is 0 Å². The molecule has 0 unspecified atom stereocenters. The van der Waals surface area contributed by atoms with Crippen molar-refractivity contribution >= 4 is 11.9 Å². The van der Waals surface area contributed by atoms with E-state index >= 15 is 0 Å². The van der Waals surface area contributed by atoms with E-state index in [4.69, 9.17) is 5.11 Å². The van der Waals surface area contributed by atoms with Crippen LogP contribution in [0.15, 0.2) is 0 Å². The molecule has 0 aliphatic rings. The number of aliphatic carboxylic acids is 1. The molecule has 2 N–H and O–H groups in total. The Morgan fingerprint density at radius 1 is 1.38 bits per heavy atom. The highest BCUT2D eigenvalue weighted by atomic mass is 16.4. The Labute approximate surface area is 78.3 Å². The van der Waals surface area contributed by atoms with Gasteiger partial charge in [-0.05, 0) is 6.42 Å². The summed E-state index contributed by atoms with van der Waals surface area (Å²) in [6, 6.07) is -0.715. The second kappa shape index (κ2) is 6.46. The van der Waals surface area contributed by atoms with Crippen LogP contribution in [0.5, 0.6) is 0 Å². The number of hydrogen-bond donors (Lipinski definition) is 2. The number of hydrogen-bond acceptors (Lipinski definition) is 2. The van der Waals surface area contributed by atoms with Crippen LogP contribution in [-0.4, -0.2) is 23.0 Å². The van der Waals surface area contributed by atoms with Gasteiger partial charge < -0.3 is 10.4 Å². The van der Waals surface area contributed by atoms with Crippen LogP contribution < -0.4 is 5.32 Å². The van der Waals surface area contributed by atoms with E-state index in [1.807, 2.05) is 6.92 Å². The second-order valence-electron chi connectivity index (χ2n) is 2.95. The van der Waals surface area contributed by atoms with E-state index in [0.29, 0.717) is 12.8 Å². The molecule has 0 aliphatic heterocycles. The number of carboxylic acids is 1. The fraction of sp³-hybridized carbons (Fsp3) is 0.778. The van der Waals surface area contributed by atoms with Gasteiger partial charge in [-0.3, -0.25) is 4.79 Å². The minimum absolute atomic E-state index is 0.205. The lowest BCUT2D eigenvalue weighted by Crippen LogP contribution is -2.40. The summed E-state index contributed by atoms with van der Waals surface area (Å²) in [7, 11) is 0. The van der Waals surface area contributed by atoms with Gasteiger partial charge in [0.25, 0.3) is 0 Å². The zero-order valence-electron chi connectivity index (χ0n) is 8.17. The Bertz CT molecular complexity index is 180. The van der Waals surface area contributed by atoms with Crippen molar-refractivity contribution in [1.29, 1.82) is 0 Å². The molecule has 0 spiro atoms. The van der Waals surface area contributed by atoms with Crippen LogP contribution in [-0.2, 0) is 9.59 Å². The van der Waals surface area contributed by atoms with Crippen molar-refractivity contribution in [2.45, 2.75) is 45.6 Å². The molecule has 0 bridgehead atoms. The van der Waals surface area contributed by atoms with Crippen LogP contribution in [0.2, 0.25) is 0 Å². The van der Waals surface area contributed by atoms with Gasteiger partial charge in [-0.25, -0.2) is 4.79 Å². The maximum absolute atomic E-state index is 10.9. The fourth-order valence-corrected chi connectivity index (χ4v) is 0.962. The standard InChI is InChI=1S/C9H17NO3/c1-3-5-6-7(9(12)13)10-8(11)4-2/h7H,3-6H2,1-2H3,(H,10,11)(H,12,13)/t7-/m0/s1. The third kappa shape index (κ3) is 5.22. The van der Waals surface area contributed by atoms with Crippen molar-refractivity contribution in [3.63, 3.8) is 0 Å². The molecule has 0 aromatic rings. The van der Waals surface area contributed by atoms with Crippen molar-refractivity contribution in [3.8, 4) is 0 Å². The van der Waals surface area contributed by atoms with Gasteiger partial charge in [0.15, 0.2) is 0 Å². The van der Waals surface area contributed by atoms with E-state index in [9.17, 15) is 9.59 Å². The predicted octanol–water partition coefficient (Wildman–Crippen LogP) is 1.16. The second-order valence-corrected chi connectivity index (χ2v) is 2.95. The molecular weight excluding hydrogens is 170 g/mol. The summed E-state index contributed by atoms with van der Waals surface area (Å²) in [6.45, 7) is 3.69. The average molecular weight is 187 g/mol. The first kappa shape index (κ1) is 11.9. The maximum atomic E-state index is 10.9. The first-order valence-electron chi connectivity index (χ1n) is 4.64. The summed E-state index contributed by atoms with van der Waals surface area (Å²) in [4.78, 5) is 21.6. The molecule has 0 heterocycles. The lowest BCUT2D eigenvalue weighted by Gasteiger charge is -2.12. The minimum atomic E-state index is -0.949. The molecule has 0 aromatic carbocycles. The summed E-state index contributed by atoms with van der Waals surface area (Å²) in [5.74, 6) is -1.15. The fourth-order valence-electron chi connectivity index (χ4n) is 0.962. The molecule has 0 saturated carbocycles. The molecule has 0 fully saturated rings. The molecular formula is C9H17NO3. The molecule has 0 rings (SSSR count). The lowest BCUT2D eigenvalue weighted by atomic mass is 10.1. The van der Waals surface area contributed by atoms with Crippen molar-refractivity contribution in [2.24, 2.45) is 0 Å². The molecule has 0 aromatic heterocycles. The molecule has 13 heavy (non-hydrogen) atoms. The largest absolute Gasteiger partial charge is 0.480 e. The molecule has 76 valence electrons. The number of carbonyl (C=O) groups is 2. The molecule has 0 aliphatic carbocycles. The average Bonchev–Trinajstić information content (AvgIpc) is 2.11. The topological polar surface area (TPSA) is 66.4 Å². The Morgan fingerprint density at radius 2 is 2.00 bits per heavy atom. The number of nitrogens with one attached hydrogen (secondary N) is 1. The van der Waals surface area contributed by atoms with E-state index in [1.165, 1.54) is 0 Å². The summed E-state index contributed by atoms with van der Waals surface area (Å²) in [5.41, 5.74) is 0. The Hall–Kier alpha value is -1.06. The highest BCUT2D eigenvalue weighted by Crippen LogP contribution is 2.01. The number of carbonyl (C=O) groups excluding carboxylic acids is 1. The van der Waals surface area contributed by atoms with Crippen LogP contribution in [0.1, 0.15) is 39.5 Å². The zero-order valence-corrected chi connectivity index (χ0v) is 8.17. The van der Waals surface area contributed by atoms with Crippen LogP contribution in [0.4, 0.5) is 0 Å². The summed E-state index contributed by atoms with van der Waals surface area (Å²) in [5, 5.41) is 11.2. The minimum Gasteiger partial charge on any atom is -0.480 e. The van der Waals surface area contributed by atoms with E-state index in [2.05, 4.69) is 5.32 Å². The summed E-state index contributed by atoms with van der Waals surface area (Å²) >= 11 is 0. The van der Waals surface area contributed by atoms with Crippen molar-refractivity contribution < 1.29 is 14.7 Å². The molecule has 4 nitrogen and oxygen atoms in total. The Morgan fingerprint density at radius 3 is 2.38 bits per heavy atom. The Kier molecular flexibility index (Phi) is 5.93. The van der Waals surface area contributed by atoms with Gasteiger partial charge in [0, 0.05) is 6.42 Å². The SMILES string of the molecule is CCCC[C@H](NC(=O)CC)C(=O)O. The van der Waals surface area contributed by atoms with Gasteiger partial charge >= 0.3 is 5.97 Å². The third-order valence-electron chi connectivity index (χ3n) is 1.80. The molecule has 4 heteroatoms. The van der Waals surface area contributed by atoms with Gasteiger partial charge in [-0.15, -0.1) is 0 Å². The first-order chi connectivity index (χ1) is 6.11. The number of unbranched alkanes of at least 4 members (excludes halogenated alkanes) is 1. The van der Waals surface area contributed by atoms with Gasteiger partial charge in [-0.1, -0.05) is 26.7 Å². The van der Waals surface area contributed by atoms with Crippen molar-refractivity contribution in [3.05, 3.63) is 0 Å². The number of rotatable bonds is 6. The van der Waals surface area contributed by atoms with Gasteiger partial charge in [0.2, 0.25) is 5.91 Å². The number of amides is 1. The smallest absolute Gasteiger partial charge is 0.326 e. The normalized spacial score (nSPS) is 12.2. The van der Waals surface area contributed by atoms with E-state index < -0.39 is 12.0 Å². The summed E-state index contributed by atoms with van der Waals surface area (Å²) < 4.78 is 0. The maximum Gasteiger partial charge on any atom is 0.326 e. The van der Waals surface area contributed by atoms with Gasteiger partial charge in [0.1, 0.15) is 6.04 Å².